The summed E-state index contributed by atoms with van der Waals surface area (Å²) in [6.45, 7) is 1.91. The molecule has 22 heavy (non-hydrogen) atoms. The first-order valence-corrected chi connectivity index (χ1v) is 7.31. The van der Waals surface area contributed by atoms with Gasteiger partial charge in [-0.3, -0.25) is 14.4 Å². The maximum Gasteiger partial charge on any atom is 0.321 e. The van der Waals surface area contributed by atoms with Crippen molar-refractivity contribution in [2.45, 2.75) is 32.2 Å². The van der Waals surface area contributed by atoms with Gasteiger partial charge in [0.2, 0.25) is 0 Å². The molecule has 0 radical (unpaired) electrons. The molecule has 0 fully saturated rings. The van der Waals surface area contributed by atoms with Crippen LogP contribution in [0.5, 0.6) is 0 Å². The number of carboxylic acids is 1. The highest BCUT2D eigenvalue weighted by Crippen LogP contribution is 2.06. The Morgan fingerprint density at radius 1 is 1.14 bits per heavy atom. The predicted octanol–water partition coefficient (Wildman–Crippen LogP) is 1.99. The van der Waals surface area contributed by atoms with Gasteiger partial charge in [0.25, 0.3) is 5.91 Å². The summed E-state index contributed by atoms with van der Waals surface area (Å²) in [7, 11) is 0. The molecule has 0 aliphatic heterocycles. The Labute approximate surface area is 134 Å². The second-order valence-electron chi connectivity index (χ2n) is 4.89. The second-order valence-corrected chi connectivity index (χ2v) is 5.10. The third-order valence-corrected chi connectivity index (χ3v) is 3.45. The van der Waals surface area contributed by atoms with Crippen molar-refractivity contribution in [3.05, 3.63) is 35.4 Å². The van der Waals surface area contributed by atoms with Crippen LogP contribution in [-0.4, -0.2) is 35.4 Å². The number of hydrogen-bond donors (Lipinski definition) is 3. The Kier molecular flexibility index (Phi) is 7.56. The summed E-state index contributed by atoms with van der Waals surface area (Å²) in [4.78, 5) is 35.9. The number of unbranched alkanes of at least 4 members (excludes halogenated alkanes) is 1. The van der Waals surface area contributed by atoms with Gasteiger partial charge < -0.3 is 10.4 Å². The lowest BCUT2D eigenvalue weighted by atomic mass is 10.1. The molecule has 3 N–H and O–H groups in total. The number of aliphatic carboxylic acids is 1. The Morgan fingerprint density at radius 2 is 1.73 bits per heavy atom. The minimum absolute atomic E-state index is 0.0483. The fraction of sp³-hybridized carbons (Fsp3) is 0.400. The molecule has 0 aliphatic rings. The van der Waals surface area contributed by atoms with Crippen LogP contribution in [-0.2, 0) is 4.79 Å². The van der Waals surface area contributed by atoms with Crippen molar-refractivity contribution in [1.82, 2.24) is 10.2 Å². The molecule has 0 aromatic heterocycles. The maximum atomic E-state index is 11.9. The van der Waals surface area contributed by atoms with E-state index < -0.39 is 12.0 Å². The van der Waals surface area contributed by atoms with E-state index in [1.807, 2.05) is 0 Å². The number of hydrogen-bond acceptors (Lipinski definition) is 4. The molecule has 0 heterocycles. The summed E-state index contributed by atoms with van der Waals surface area (Å²) in [5.74, 6) is -1.27. The number of carbonyl (C=O) groups is 3. The van der Waals surface area contributed by atoms with Crippen LogP contribution in [0.15, 0.2) is 24.3 Å². The third-order valence-electron chi connectivity index (χ3n) is 3.19. The van der Waals surface area contributed by atoms with Gasteiger partial charge in [0.1, 0.15) is 6.04 Å². The third kappa shape index (κ3) is 5.83. The van der Waals surface area contributed by atoms with Crippen molar-refractivity contribution >= 4 is 29.4 Å². The molecular weight excluding hydrogens is 308 g/mol. The van der Waals surface area contributed by atoms with Gasteiger partial charge in [0, 0.05) is 17.7 Å². The molecule has 1 rings (SSSR count). The monoisotopic (exact) mass is 326 g/mol. The summed E-state index contributed by atoms with van der Waals surface area (Å²) in [6, 6.07) is 5.65. The summed E-state index contributed by atoms with van der Waals surface area (Å²) in [5.41, 5.74) is 1.04. The Hall–Kier alpha value is -1.92. The highest BCUT2D eigenvalue weighted by molar-refractivity contribution is 6.14. The topological polar surface area (TPSA) is 95.5 Å². The van der Waals surface area contributed by atoms with Crippen molar-refractivity contribution in [2.24, 2.45) is 0 Å². The molecule has 1 amide bonds. The molecule has 0 spiro atoms. The van der Waals surface area contributed by atoms with Crippen LogP contribution in [0, 0.1) is 0 Å². The molecule has 0 saturated heterocycles. The summed E-state index contributed by atoms with van der Waals surface area (Å²) < 4.78 is 0. The highest BCUT2D eigenvalue weighted by Gasteiger charge is 2.14. The van der Waals surface area contributed by atoms with Crippen molar-refractivity contribution in [3.63, 3.8) is 0 Å². The van der Waals surface area contributed by atoms with Crippen LogP contribution in [0.1, 0.15) is 46.9 Å². The normalized spacial score (nSPS) is 11.7. The number of ketones is 1. The average molecular weight is 327 g/mol. The molecule has 0 saturated carbocycles. The van der Waals surface area contributed by atoms with Gasteiger partial charge in [-0.15, -0.1) is 0 Å². The first-order chi connectivity index (χ1) is 10.5. The van der Waals surface area contributed by atoms with Gasteiger partial charge in [0.15, 0.2) is 5.78 Å². The Bertz CT molecular complexity index is 531. The van der Waals surface area contributed by atoms with E-state index in [4.69, 9.17) is 16.9 Å². The first kappa shape index (κ1) is 18.1. The van der Waals surface area contributed by atoms with Crippen LogP contribution >= 0.6 is 11.8 Å². The number of Topliss-reactive ketones (excluding diaryl/α,β-unsaturated/α-hetero) is 1. The van der Waals surface area contributed by atoms with Crippen LogP contribution in [0.3, 0.4) is 0 Å². The highest BCUT2D eigenvalue weighted by atomic mass is 35.5. The molecule has 0 bridgehead atoms. The van der Waals surface area contributed by atoms with Gasteiger partial charge in [0.05, 0.1) is 0 Å². The number of halogens is 1. The average Bonchev–Trinajstić information content (AvgIpc) is 2.50. The summed E-state index contributed by atoms with van der Waals surface area (Å²) in [5, 5.41) is 11.5. The molecule has 1 aromatic carbocycles. The number of nitrogens with one attached hydrogen (secondary N) is 2. The fourth-order valence-electron chi connectivity index (χ4n) is 1.86. The zero-order valence-corrected chi connectivity index (χ0v) is 13.0. The fourth-order valence-corrected chi connectivity index (χ4v) is 2.06. The lowest BCUT2D eigenvalue weighted by Crippen LogP contribution is -2.30. The quantitative estimate of drug-likeness (QED) is 0.366. The van der Waals surface area contributed by atoms with Crippen LogP contribution < -0.4 is 10.2 Å². The number of rotatable bonds is 9. The molecule has 6 nitrogen and oxygen atoms in total. The predicted molar refractivity (Wildman–Crippen MR) is 83.0 cm³/mol. The largest absolute Gasteiger partial charge is 0.480 e. The van der Waals surface area contributed by atoms with Crippen molar-refractivity contribution in [2.75, 3.05) is 6.54 Å². The van der Waals surface area contributed by atoms with Gasteiger partial charge >= 0.3 is 5.97 Å². The van der Waals surface area contributed by atoms with Crippen molar-refractivity contribution in [1.29, 1.82) is 0 Å². The van der Waals surface area contributed by atoms with Gasteiger partial charge in [-0.2, -0.15) is 0 Å². The van der Waals surface area contributed by atoms with Crippen LogP contribution in [0.25, 0.3) is 0 Å². The molecule has 1 atom stereocenters. The zero-order chi connectivity index (χ0) is 16.5. The number of carboxylic acid groups (broad SMARTS) is 1. The van der Waals surface area contributed by atoms with Crippen molar-refractivity contribution in [3.8, 4) is 0 Å². The number of amides is 1. The molecule has 0 aliphatic carbocycles. The van der Waals surface area contributed by atoms with E-state index in [1.165, 1.54) is 6.92 Å². The Balaban J connectivity index is 2.31. The van der Waals surface area contributed by atoms with E-state index in [0.29, 0.717) is 36.9 Å². The molecular formula is C15H19ClN2O4. The van der Waals surface area contributed by atoms with E-state index in [-0.39, 0.29) is 11.7 Å². The van der Waals surface area contributed by atoms with E-state index in [2.05, 4.69) is 10.2 Å². The molecule has 1 aromatic rings. The lowest BCUT2D eigenvalue weighted by molar-refractivity contribution is -0.139. The Morgan fingerprint density at radius 3 is 2.23 bits per heavy atom. The minimum Gasteiger partial charge on any atom is -0.480 e. The van der Waals surface area contributed by atoms with Gasteiger partial charge in [-0.1, -0.05) is 12.1 Å². The van der Waals surface area contributed by atoms with Crippen LogP contribution in [0.2, 0.25) is 0 Å². The van der Waals surface area contributed by atoms with E-state index in [1.54, 1.807) is 24.3 Å². The molecule has 120 valence electrons. The van der Waals surface area contributed by atoms with Gasteiger partial charge in [-0.05, 0) is 50.1 Å². The second kappa shape index (κ2) is 9.17. The summed E-state index contributed by atoms with van der Waals surface area (Å²) in [6.07, 6.45) is 1.67. The molecule has 0 unspecified atom stereocenters. The SMILES string of the molecule is CC(=O)c1ccc(C(=O)NCCCC[C@H](NCl)C(=O)O)cc1. The van der Waals surface area contributed by atoms with Crippen molar-refractivity contribution < 1.29 is 19.5 Å². The standard InChI is InChI=1S/C15H19ClN2O4/c1-10(19)11-5-7-12(8-6-11)14(20)17-9-3-2-4-13(18-16)15(21)22/h5-8,13,18H,2-4,9H2,1H3,(H,17,20)(H,21,22)/t13-/m0/s1. The summed E-state index contributed by atoms with van der Waals surface area (Å²) >= 11 is 5.32. The van der Waals surface area contributed by atoms with Gasteiger partial charge in [-0.25, -0.2) is 4.84 Å². The lowest BCUT2D eigenvalue weighted by Gasteiger charge is -2.09. The first-order valence-electron chi connectivity index (χ1n) is 6.94. The van der Waals surface area contributed by atoms with E-state index >= 15 is 0 Å². The van der Waals surface area contributed by atoms with E-state index in [0.717, 1.165) is 0 Å². The van der Waals surface area contributed by atoms with Crippen LogP contribution in [0.4, 0.5) is 0 Å². The zero-order valence-electron chi connectivity index (χ0n) is 12.3. The smallest absolute Gasteiger partial charge is 0.321 e. The number of carbonyl (C=O) groups excluding carboxylic acids is 2. The molecule has 7 heteroatoms. The maximum absolute atomic E-state index is 11.9. The minimum atomic E-state index is -0.996. The number of benzene rings is 1. The van der Waals surface area contributed by atoms with E-state index in [9.17, 15) is 14.4 Å².